The maximum Gasteiger partial charge on any atom is 0.275 e. The maximum absolute atomic E-state index is 14.3. The lowest BCUT2D eigenvalue weighted by Gasteiger charge is -2.21. The van der Waals surface area contributed by atoms with Gasteiger partial charge in [0.25, 0.3) is 11.5 Å². The van der Waals surface area contributed by atoms with Gasteiger partial charge in [-0.05, 0) is 44.0 Å². The second kappa shape index (κ2) is 11.0. The van der Waals surface area contributed by atoms with Crippen LogP contribution in [0.5, 0.6) is 17.4 Å². The molecule has 37 heavy (non-hydrogen) atoms. The Kier molecular flexibility index (Phi) is 7.77. The van der Waals surface area contributed by atoms with Crippen molar-refractivity contribution >= 4 is 5.91 Å². The molecular weight excluding hydrogens is 481 g/mol. The Labute approximate surface area is 214 Å². The fourth-order valence-corrected chi connectivity index (χ4v) is 4.52. The van der Waals surface area contributed by atoms with Gasteiger partial charge in [-0.3, -0.25) is 14.2 Å². The molecule has 1 unspecified atom stereocenters. The molecule has 0 spiro atoms. The molecule has 1 atom stereocenters. The molecule has 3 aromatic rings. The molecule has 10 heteroatoms. The zero-order valence-electron chi connectivity index (χ0n) is 21.2. The highest BCUT2D eigenvalue weighted by Gasteiger charge is 2.34. The Morgan fingerprint density at radius 3 is 2.43 bits per heavy atom. The zero-order valence-corrected chi connectivity index (χ0v) is 21.2. The second-order valence-electron chi connectivity index (χ2n) is 9.00. The molecule has 2 heterocycles. The summed E-state index contributed by atoms with van der Waals surface area (Å²) in [6.45, 7) is 4.03. The van der Waals surface area contributed by atoms with Crippen LogP contribution in [0.25, 0.3) is 5.69 Å². The van der Waals surface area contributed by atoms with Crippen LogP contribution in [0.1, 0.15) is 47.9 Å². The second-order valence-corrected chi connectivity index (χ2v) is 9.00. The number of para-hydroxylation sites is 1. The predicted molar refractivity (Wildman–Crippen MR) is 134 cm³/mol. The Morgan fingerprint density at radius 1 is 1.14 bits per heavy atom. The third kappa shape index (κ3) is 5.15. The van der Waals surface area contributed by atoms with Gasteiger partial charge in [0.1, 0.15) is 35.4 Å². The molecule has 4 rings (SSSR count). The number of amides is 1. The molecular formula is C27H30FN3O6. The van der Waals surface area contributed by atoms with Crippen LogP contribution in [0.15, 0.2) is 47.3 Å². The first kappa shape index (κ1) is 26.2. The van der Waals surface area contributed by atoms with Gasteiger partial charge >= 0.3 is 0 Å². The van der Waals surface area contributed by atoms with Gasteiger partial charge in [-0.15, -0.1) is 0 Å². The number of likely N-dealkylation sites (tertiary alicyclic amines) is 1. The van der Waals surface area contributed by atoms with E-state index in [1.165, 1.54) is 29.8 Å². The highest BCUT2D eigenvalue weighted by molar-refractivity contribution is 5.96. The summed E-state index contributed by atoms with van der Waals surface area (Å²) in [6.07, 6.45) is 0.337. The number of rotatable bonds is 8. The molecule has 0 saturated carbocycles. The third-order valence-electron chi connectivity index (χ3n) is 6.34. The van der Waals surface area contributed by atoms with Crippen molar-refractivity contribution in [1.29, 1.82) is 0 Å². The monoisotopic (exact) mass is 511 g/mol. The first-order valence-electron chi connectivity index (χ1n) is 12.0. The average molecular weight is 512 g/mol. The molecule has 1 saturated heterocycles. The van der Waals surface area contributed by atoms with Crippen molar-refractivity contribution < 1.29 is 28.5 Å². The lowest BCUT2D eigenvalue weighted by molar-refractivity contribution is 0.0591. The van der Waals surface area contributed by atoms with Gasteiger partial charge < -0.3 is 24.2 Å². The van der Waals surface area contributed by atoms with Crippen LogP contribution >= 0.6 is 0 Å². The Hall–Kier alpha value is -3.92. The van der Waals surface area contributed by atoms with Crippen molar-refractivity contribution in [2.75, 3.05) is 27.3 Å². The van der Waals surface area contributed by atoms with E-state index in [2.05, 4.69) is 4.98 Å². The maximum atomic E-state index is 14.3. The van der Waals surface area contributed by atoms with E-state index in [-0.39, 0.29) is 42.5 Å². The van der Waals surface area contributed by atoms with Gasteiger partial charge in [0.05, 0.1) is 20.3 Å². The van der Waals surface area contributed by atoms with Crippen LogP contribution in [0, 0.1) is 5.82 Å². The predicted octanol–water partition coefficient (Wildman–Crippen LogP) is 3.65. The number of methoxy groups -OCH3 is 2. The van der Waals surface area contributed by atoms with Gasteiger partial charge in [0.2, 0.25) is 5.88 Å². The Balaban J connectivity index is 1.80. The summed E-state index contributed by atoms with van der Waals surface area (Å²) >= 11 is 0. The number of aromatic hydroxyl groups is 1. The summed E-state index contributed by atoms with van der Waals surface area (Å²) < 4.78 is 32.2. The fourth-order valence-electron chi connectivity index (χ4n) is 4.52. The quantitative estimate of drug-likeness (QED) is 0.492. The lowest BCUT2D eigenvalue weighted by atomic mass is 9.98. The largest absolute Gasteiger partial charge is 0.494 e. The molecule has 1 aromatic heterocycles. The number of hydrogen-bond donors (Lipinski definition) is 1. The molecule has 1 aliphatic heterocycles. The average Bonchev–Trinajstić information content (AvgIpc) is 3.37. The molecule has 9 nitrogen and oxygen atoms in total. The van der Waals surface area contributed by atoms with Crippen LogP contribution in [0.4, 0.5) is 4.39 Å². The molecule has 0 radical (unpaired) electrons. The number of carbonyl (C=O) groups is 1. The lowest BCUT2D eigenvalue weighted by Crippen LogP contribution is -2.37. The smallest absolute Gasteiger partial charge is 0.275 e. The minimum Gasteiger partial charge on any atom is -0.494 e. The zero-order chi connectivity index (χ0) is 26.7. The van der Waals surface area contributed by atoms with Gasteiger partial charge in [0, 0.05) is 19.0 Å². The van der Waals surface area contributed by atoms with Gasteiger partial charge in [-0.25, -0.2) is 4.39 Å². The summed E-state index contributed by atoms with van der Waals surface area (Å²) in [7, 11) is 2.89. The van der Waals surface area contributed by atoms with E-state index >= 15 is 0 Å². The van der Waals surface area contributed by atoms with E-state index in [9.17, 15) is 19.1 Å². The van der Waals surface area contributed by atoms with E-state index in [1.807, 2.05) is 13.8 Å². The van der Waals surface area contributed by atoms with Crippen molar-refractivity contribution in [3.05, 3.63) is 75.6 Å². The fraction of sp³-hybridized carbons (Fsp3) is 0.370. The van der Waals surface area contributed by atoms with E-state index in [4.69, 9.17) is 14.2 Å². The Morgan fingerprint density at radius 2 is 1.81 bits per heavy atom. The molecule has 0 bridgehead atoms. The minimum absolute atomic E-state index is 0.0706. The summed E-state index contributed by atoms with van der Waals surface area (Å²) in [6, 6.07) is 11.4. The van der Waals surface area contributed by atoms with Gasteiger partial charge in [-0.1, -0.05) is 24.3 Å². The van der Waals surface area contributed by atoms with E-state index < -0.39 is 22.9 Å². The summed E-state index contributed by atoms with van der Waals surface area (Å²) in [4.78, 5) is 33.1. The Bertz CT molecular complexity index is 1330. The highest BCUT2D eigenvalue weighted by atomic mass is 19.1. The number of aromatic nitrogens is 2. The number of ether oxygens (including phenoxy) is 3. The SMILES string of the molecule is COc1cccc(OC)c1-n1c(COC(C)C)nc(O)c(C(=O)N2CCC(c3ccccc3F)C2)c1=O. The topological polar surface area (TPSA) is 103 Å². The summed E-state index contributed by atoms with van der Waals surface area (Å²) in [5, 5.41) is 10.8. The first-order valence-corrected chi connectivity index (χ1v) is 12.0. The molecule has 1 N–H and O–H groups in total. The number of carbonyl (C=O) groups excluding carboxylic acids is 1. The van der Waals surface area contributed by atoms with E-state index in [1.54, 1.807) is 36.4 Å². The summed E-state index contributed by atoms with van der Waals surface area (Å²) in [5.74, 6) is -1.27. The minimum atomic E-state index is -0.794. The first-order chi connectivity index (χ1) is 17.8. The highest BCUT2D eigenvalue weighted by Crippen LogP contribution is 2.34. The standard InChI is InChI=1S/C27H30FN3O6/c1-16(2)37-15-22-29-25(32)23(27(34)31(22)24-20(35-3)10-7-11-21(24)36-4)26(33)30-13-12-17(14-30)18-8-5-6-9-19(18)28/h5-11,16-17,32H,12-15H2,1-4H3. The van der Waals surface area contributed by atoms with Crippen LogP contribution in [0.2, 0.25) is 0 Å². The van der Waals surface area contributed by atoms with Crippen LogP contribution in [-0.2, 0) is 11.3 Å². The van der Waals surface area contributed by atoms with Crippen LogP contribution < -0.4 is 15.0 Å². The van der Waals surface area contributed by atoms with Gasteiger partial charge in [-0.2, -0.15) is 4.98 Å². The normalized spacial score (nSPS) is 15.3. The summed E-state index contributed by atoms with van der Waals surface area (Å²) in [5.41, 5.74) is -0.544. The van der Waals surface area contributed by atoms with Gasteiger partial charge in [0.15, 0.2) is 5.56 Å². The van der Waals surface area contributed by atoms with Crippen molar-refractivity contribution in [2.24, 2.45) is 0 Å². The number of benzene rings is 2. The van der Waals surface area contributed by atoms with Crippen molar-refractivity contribution in [3.8, 4) is 23.1 Å². The molecule has 0 aliphatic carbocycles. The number of nitrogens with zero attached hydrogens (tertiary/aromatic N) is 3. The number of halogens is 1. The molecule has 1 amide bonds. The molecule has 196 valence electrons. The van der Waals surface area contributed by atoms with E-state index in [0.29, 0.717) is 30.0 Å². The molecule has 1 aliphatic rings. The van der Waals surface area contributed by atoms with Crippen LogP contribution in [-0.4, -0.2) is 58.9 Å². The molecule has 1 fully saturated rings. The van der Waals surface area contributed by atoms with Crippen LogP contribution in [0.3, 0.4) is 0 Å². The van der Waals surface area contributed by atoms with Crippen molar-refractivity contribution in [1.82, 2.24) is 14.5 Å². The van der Waals surface area contributed by atoms with Crippen molar-refractivity contribution in [2.45, 2.75) is 38.9 Å². The molecule has 2 aromatic carbocycles. The van der Waals surface area contributed by atoms with E-state index in [0.717, 1.165) is 0 Å². The third-order valence-corrected chi connectivity index (χ3v) is 6.34. The van der Waals surface area contributed by atoms with Crippen molar-refractivity contribution in [3.63, 3.8) is 0 Å². The number of hydrogen-bond acceptors (Lipinski definition) is 7.